The molecular formula is C26H27FN2O3. The van der Waals surface area contributed by atoms with Gasteiger partial charge in [-0.1, -0.05) is 42.5 Å². The number of carbonyl (C=O) groups is 1. The standard InChI is InChI=1S/C26H27FN2O3/c1-28-23(9-5-6-18-10-13-20(27)14-11-18)25(22-15-12-19(17-30)16-24(22)31)29(26(28)32)21-7-3-2-4-8-21/h2-4,7-8,10-16,23,25,30-31H,5-6,9,17H2,1H3/t23-,25+/m0/s1. The van der Waals surface area contributed by atoms with E-state index in [1.54, 1.807) is 47.2 Å². The van der Waals surface area contributed by atoms with Crippen molar-refractivity contribution in [3.8, 4) is 5.75 Å². The highest BCUT2D eigenvalue weighted by molar-refractivity contribution is 5.95. The third-order valence-electron chi connectivity index (χ3n) is 6.16. The van der Waals surface area contributed by atoms with Gasteiger partial charge in [0.15, 0.2) is 0 Å². The minimum Gasteiger partial charge on any atom is -0.508 e. The van der Waals surface area contributed by atoms with Crippen molar-refractivity contribution in [3.63, 3.8) is 0 Å². The monoisotopic (exact) mass is 434 g/mol. The first kappa shape index (κ1) is 21.8. The molecule has 2 amide bonds. The van der Waals surface area contributed by atoms with Gasteiger partial charge in [0.25, 0.3) is 0 Å². The van der Waals surface area contributed by atoms with Gasteiger partial charge in [0.1, 0.15) is 11.6 Å². The lowest BCUT2D eigenvalue weighted by atomic mass is 9.92. The normalized spacial score (nSPS) is 18.4. The molecule has 0 bridgehead atoms. The first-order valence-electron chi connectivity index (χ1n) is 10.8. The molecule has 1 aliphatic heterocycles. The highest BCUT2D eigenvalue weighted by Crippen LogP contribution is 2.43. The number of aliphatic hydroxyl groups is 1. The second-order valence-electron chi connectivity index (χ2n) is 8.18. The predicted molar refractivity (Wildman–Crippen MR) is 122 cm³/mol. The number of hydrogen-bond acceptors (Lipinski definition) is 3. The van der Waals surface area contributed by atoms with Crippen molar-refractivity contribution < 1.29 is 19.4 Å². The number of hydrogen-bond donors (Lipinski definition) is 2. The number of benzene rings is 3. The molecule has 0 unspecified atom stereocenters. The molecule has 6 heteroatoms. The lowest BCUT2D eigenvalue weighted by Gasteiger charge is -2.28. The van der Waals surface area contributed by atoms with Crippen LogP contribution in [0.2, 0.25) is 0 Å². The van der Waals surface area contributed by atoms with E-state index in [4.69, 9.17) is 0 Å². The van der Waals surface area contributed by atoms with E-state index in [-0.39, 0.29) is 36.3 Å². The van der Waals surface area contributed by atoms with Crippen molar-refractivity contribution in [1.29, 1.82) is 0 Å². The maximum Gasteiger partial charge on any atom is 0.325 e. The van der Waals surface area contributed by atoms with Gasteiger partial charge in [-0.3, -0.25) is 4.90 Å². The number of phenols is 1. The average molecular weight is 435 g/mol. The fourth-order valence-electron chi connectivity index (χ4n) is 4.48. The maximum absolute atomic E-state index is 13.3. The molecule has 5 nitrogen and oxygen atoms in total. The Morgan fingerprint density at radius 3 is 2.31 bits per heavy atom. The Morgan fingerprint density at radius 2 is 1.66 bits per heavy atom. The number of aliphatic hydroxyl groups excluding tert-OH is 1. The summed E-state index contributed by atoms with van der Waals surface area (Å²) in [7, 11) is 1.79. The number of rotatable bonds is 7. The second kappa shape index (κ2) is 9.40. The van der Waals surface area contributed by atoms with Crippen LogP contribution in [0.15, 0.2) is 72.8 Å². The second-order valence-corrected chi connectivity index (χ2v) is 8.18. The third-order valence-corrected chi connectivity index (χ3v) is 6.16. The van der Waals surface area contributed by atoms with Gasteiger partial charge >= 0.3 is 6.03 Å². The summed E-state index contributed by atoms with van der Waals surface area (Å²) in [6.45, 7) is -0.166. The van der Waals surface area contributed by atoms with Crippen molar-refractivity contribution in [3.05, 3.63) is 95.3 Å². The van der Waals surface area contributed by atoms with Gasteiger partial charge in [-0.05, 0) is 60.7 Å². The fourth-order valence-corrected chi connectivity index (χ4v) is 4.48. The zero-order valence-corrected chi connectivity index (χ0v) is 18.0. The van der Waals surface area contributed by atoms with Crippen molar-refractivity contribution in [2.24, 2.45) is 0 Å². The van der Waals surface area contributed by atoms with Gasteiger partial charge in [-0.2, -0.15) is 0 Å². The van der Waals surface area contributed by atoms with E-state index in [9.17, 15) is 19.4 Å². The summed E-state index contributed by atoms with van der Waals surface area (Å²) in [6, 6.07) is 20.4. The minimum atomic E-state index is -0.379. The van der Waals surface area contributed by atoms with Crippen molar-refractivity contribution in [2.45, 2.75) is 38.0 Å². The topological polar surface area (TPSA) is 64.0 Å². The Morgan fingerprint density at radius 1 is 0.969 bits per heavy atom. The van der Waals surface area contributed by atoms with Gasteiger partial charge < -0.3 is 15.1 Å². The summed E-state index contributed by atoms with van der Waals surface area (Å²) in [5.41, 5.74) is 3.07. The Hall–Kier alpha value is -3.38. The van der Waals surface area contributed by atoms with E-state index in [2.05, 4.69) is 0 Å². The average Bonchev–Trinajstić information content (AvgIpc) is 3.05. The van der Waals surface area contributed by atoms with E-state index in [0.717, 1.165) is 30.5 Å². The van der Waals surface area contributed by atoms with Gasteiger partial charge in [-0.25, -0.2) is 9.18 Å². The molecule has 0 radical (unpaired) electrons. The van der Waals surface area contributed by atoms with E-state index in [1.807, 2.05) is 30.3 Å². The molecule has 0 saturated carbocycles. The van der Waals surface area contributed by atoms with Gasteiger partial charge in [-0.15, -0.1) is 0 Å². The van der Waals surface area contributed by atoms with E-state index in [1.165, 1.54) is 12.1 Å². The van der Waals surface area contributed by atoms with E-state index in [0.29, 0.717) is 11.1 Å². The van der Waals surface area contributed by atoms with Crippen LogP contribution in [-0.4, -0.2) is 34.2 Å². The minimum absolute atomic E-state index is 0.0640. The number of para-hydroxylation sites is 1. The number of phenolic OH excluding ortho intramolecular Hbond substituents is 1. The molecule has 0 aromatic heterocycles. The summed E-state index contributed by atoms with van der Waals surface area (Å²) in [4.78, 5) is 16.8. The van der Waals surface area contributed by atoms with Crippen molar-refractivity contribution in [1.82, 2.24) is 4.90 Å². The SMILES string of the molecule is CN1C(=O)N(c2ccccc2)[C@H](c2ccc(CO)cc2O)[C@@H]1CCCc1ccc(F)cc1. The molecule has 0 spiro atoms. The summed E-state index contributed by atoms with van der Waals surface area (Å²) in [5.74, 6) is -0.190. The highest BCUT2D eigenvalue weighted by atomic mass is 19.1. The lowest BCUT2D eigenvalue weighted by molar-refractivity contribution is 0.214. The first-order valence-corrected chi connectivity index (χ1v) is 10.8. The molecule has 2 N–H and O–H groups in total. The Labute approximate surface area is 187 Å². The summed E-state index contributed by atoms with van der Waals surface area (Å²) in [6.07, 6.45) is 2.30. The molecule has 32 heavy (non-hydrogen) atoms. The highest BCUT2D eigenvalue weighted by Gasteiger charge is 2.45. The molecule has 4 rings (SSSR count). The fraction of sp³-hybridized carbons (Fsp3) is 0.269. The van der Waals surface area contributed by atoms with Crippen molar-refractivity contribution >= 4 is 11.7 Å². The maximum atomic E-state index is 13.3. The Balaban J connectivity index is 1.65. The first-order chi connectivity index (χ1) is 15.5. The summed E-state index contributed by atoms with van der Waals surface area (Å²) < 4.78 is 13.2. The van der Waals surface area contributed by atoms with Crippen molar-refractivity contribution in [2.75, 3.05) is 11.9 Å². The number of halogens is 1. The number of anilines is 1. The van der Waals surface area contributed by atoms with Crippen LogP contribution in [0.1, 0.15) is 35.6 Å². The van der Waals surface area contributed by atoms with Crippen LogP contribution >= 0.6 is 0 Å². The summed E-state index contributed by atoms with van der Waals surface area (Å²) in [5, 5.41) is 20.2. The van der Waals surface area contributed by atoms with Crippen LogP contribution in [0.4, 0.5) is 14.9 Å². The van der Waals surface area contributed by atoms with Gasteiger partial charge in [0.05, 0.1) is 18.7 Å². The van der Waals surface area contributed by atoms with Crippen LogP contribution < -0.4 is 4.90 Å². The van der Waals surface area contributed by atoms with Crippen LogP contribution in [0, 0.1) is 5.82 Å². The van der Waals surface area contributed by atoms with E-state index < -0.39 is 0 Å². The third kappa shape index (κ3) is 4.32. The largest absolute Gasteiger partial charge is 0.508 e. The predicted octanol–water partition coefficient (Wildman–Crippen LogP) is 5.03. The van der Waals surface area contributed by atoms with Gasteiger partial charge in [0.2, 0.25) is 0 Å². The Kier molecular flexibility index (Phi) is 6.42. The molecule has 1 saturated heterocycles. The van der Waals surface area contributed by atoms with E-state index >= 15 is 0 Å². The van der Waals surface area contributed by atoms with Crippen LogP contribution in [0.3, 0.4) is 0 Å². The number of aryl methyl sites for hydroxylation is 1. The van der Waals surface area contributed by atoms with Crippen LogP contribution in [-0.2, 0) is 13.0 Å². The molecule has 1 heterocycles. The number of aromatic hydroxyl groups is 1. The molecule has 2 atom stereocenters. The number of nitrogens with zero attached hydrogens (tertiary/aromatic N) is 2. The number of carbonyl (C=O) groups excluding carboxylic acids is 1. The van der Waals surface area contributed by atoms with Gasteiger partial charge in [0, 0.05) is 18.3 Å². The zero-order valence-electron chi connectivity index (χ0n) is 18.0. The zero-order chi connectivity index (χ0) is 22.7. The molecule has 166 valence electrons. The van der Waals surface area contributed by atoms with Crippen LogP contribution in [0.5, 0.6) is 5.75 Å². The summed E-state index contributed by atoms with van der Waals surface area (Å²) >= 11 is 0. The smallest absolute Gasteiger partial charge is 0.325 e. The molecule has 3 aromatic carbocycles. The molecular weight excluding hydrogens is 407 g/mol. The molecule has 0 aliphatic carbocycles. The lowest BCUT2D eigenvalue weighted by Crippen LogP contribution is -2.31. The molecule has 1 aliphatic rings. The van der Waals surface area contributed by atoms with Crippen LogP contribution in [0.25, 0.3) is 0 Å². The quantitative estimate of drug-likeness (QED) is 0.548. The Bertz CT molecular complexity index is 1070. The number of likely N-dealkylation sites (N-methyl/N-ethyl adjacent to an activating group) is 1. The number of amides is 2. The molecule has 3 aromatic rings. The molecule has 1 fully saturated rings. The number of urea groups is 1.